The fourth-order valence-electron chi connectivity index (χ4n) is 3.34. The van der Waals surface area contributed by atoms with Crippen molar-refractivity contribution in [3.8, 4) is 0 Å². The van der Waals surface area contributed by atoms with Crippen molar-refractivity contribution in [2.24, 2.45) is 0 Å². The van der Waals surface area contributed by atoms with Gasteiger partial charge >= 0.3 is 0 Å². The molecule has 0 saturated carbocycles. The first-order valence-corrected chi connectivity index (χ1v) is 8.75. The number of carbonyl (C=O) groups is 1. The number of aromatic nitrogens is 1. The van der Waals surface area contributed by atoms with Gasteiger partial charge in [-0.3, -0.25) is 15.0 Å². The van der Waals surface area contributed by atoms with Crippen LogP contribution in [0.2, 0.25) is 5.02 Å². The highest BCUT2D eigenvalue weighted by atomic mass is 35.5. The summed E-state index contributed by atoms with van der Waals surface area (Å²) >= 11 is 5.97. The number of fused-ring (bicyclic) bond motifs is 1. The summed E-state index contributed by atoms with van der Waals surface area (Å²) in [5.74, 6) is -1.15. The van der Waals surface area contributed by atoms with E-state index in [-0.39, 0.29) is 23.3 Å². The third-order valence-electron chi connectivity index (χ3n) is 4.75. The van der Waals surface area contributed by atoms with Gasteiger partial charge in [0.25, 0.3) is 0 Å². The Balaban J connectivity index is 1.53. The lowest BCUT2D eigenvalue weighted by molar-refractivity contribution is -0.134. The zero-order chi connectivity index (χ0) is 19.1. The van der Waals surface area contributed by atoms with Crippen molar-refractivity contribution in [2.45, 2.75) is 25.4 Å². The van der Waals surface area contributed by atoms with Crippen molar-refractivity contribution in [2.75, 3.05) is 0 Å². The number of aliphatic hydroxyl groups excluding tert-OH is 1. The molecule has 0 bridgehead atoms. The molecule has 2 atom stereocenters. The molecular weight excluding hydrogens is 376 g/mol. The summed E-state index contributed by atoms with van der Waals surface area (Å²) < 4.78 is 26.6. The van der Waals surface area contributed by atoms with Crippen LogP contribution in [0.15, 0.2) is 42.6 Å². The minimum Gasteiger partial charge on any atom is -0.361 e. The molecule has 3 N–H and O–H groups in total. The maximum absolute atomic E-state index is 13.6. The number of carbonyl (C=O) groups excluding carboxylic acids is 1. The van der Waals surface area contributed by atoms with Crippen molar-refractivity contribution in [3.63, 3.8) is 0 Å². The molecule has 1 aliphatic rings. The molecule has 8 heteroatoms. The van der Waals surface area contributed by atoms with E-state index < -0.39 is 18.2 Å². The number of nitrogens with one attached hydrogen (secondary N) is 2. The van der Waals surface area contributed by atoms with Crippen LogP contribution in [0.25, 0.3) is 10.9 Å². The highest BCUT2D eigenvalue weighted by Crippen LogP contribution is 2.29. The van der Waals surface area contributed by atoms with Crippen LogP contribution >= 0.6 is 11.6 Å². The maximum Gasteiger partial charge on any atom is 0.243 e. The van der Waals surface area contributed by atoms with E-state index in [9.17, 15) is 18.7 Å². The predicted octanol–water partition coefficient (Wildman–Crippen LogP) is 2.92. The van der Waals surface area contributed by atoms with Crippen LogP contribution in [0, 0.1) is 11.6 Å². The van der Waals surface area contributed by atoms with E-state index in [1.165, 1.54) is 23.1 Å². The Bertz CT molecular complexity index is 1010. The molecule has 1 unspecified atom stereocenters. The van der Waals surface area contributed by atoms with E-state index >= 15 is 0 Å². The Hall–Kier alpha value is -2.48. The number of aromatic amines is 1. The normalized spacial score (nSPS) is 20.0. The highest BCUT2D eigenvalue weighted by molar-refractivity contribution is 6.35. The third-order valence-corrected chi connectivity index (χ3v) is 5.12. The average molecular weight is 392 g/mol. The van der Waals surface area contributed by atoms with E-state index in [0.717, 1.165) is 10.9 Å². The Kier molecular flexibility index (Phi) is 4.59. The molecule has 1 saturated heterocycles. The van der Waals surface area contributed by atoms with Gasteiger partial charge in [-0.15, -0.1) is 0 Å². The van der Waals surface area contributed by atoms with Gasteiger partial charge in [-0.05, 0) is 41.8 Å². The van der Waals surface area contributed by atoms with Gasteiger partial charge < -0.3 is 10.1 Å². The second kappa shape index (κ2) is 6.92. The molecule has 0 radical (unpaired) electrons. The summed E-state index contributed by atoms with van der Waals surface area (Å²) in [7, 11) is 0. The molecule has 2 aromatic carbocycles. The van der Waals surface area contributed by atoms with Crippen LogP contribution in [0.1, 0.15) is 11.1 Å². The summed E-state index contributed by atoms with van der Waals surface area (Å²) in [6.45, 7) is 0.161. The fourth-order valence-corrected chi connectivity index (χ4v) is 3.56. The van der Waals surface area contributed by atoms with Crippen molar-refractivity contribution >= 4 is 28.4 Å². The van der Waals surface area contributed by atoms with Gasteiger partial charge in [-0.25, -0.2) is 8.78 Å². The zero-order valence-corrected chi connectivity index (χ0v) is 14.8. The highest BCUT2D eigenvalue weighted by Gasteiger charge is 2.38. The molecule has 1 aliphatic heterocycles. The molecule has 2 heterocycles. The molecule has 4 rings (SSSR count). The SMILES string of the molecule is O=C1[C@@H](Cc2c[nH]c3c(Cl)c(F)ccc23)NC(O)N1Cc1ccc(F)cc1. The number of amides is 1. The van der Waals surface area contributed by atoms with Gasteiger partial charge in [0.1, 0.15) is 16.7 Å². The van der Waals surface area contributed by atoms with E-state index in [1.807, 2.05) is 0 Å². The van der Waals surface area contributed by atoms with Crippen LogP contribution in [-0.4, -0.2) is 33.3 Å². The second-order valence-electron chi connectivity index (χ2n) is 6.49. The first kappa shape index (κ1) is 17.9. The average Bonchev–Trinajstić information content (AvgIpc) is 3.17. The largest absolute Gasteiger partial charge is 0.361 e. The molecule has 27 heavy (non-hydrogen) atoms. The summed E-state index contributed by atoms with van der Waals surface area (Å²) in [5, 5.41) is 13.8. The first-order valence-electron chi connectivity index (χ1n) is 8.37. The van der Waals surface area contributed by atoms with Crippen molar-refractivity contribution in [3.05, 3.63) is 70.4 Å². The standard InChI is InChI=1S/C19H16ClF2N3O2/c20-16-14(22)6-5-13-11(8-23-17(13)16)7-15-18(26)25(19(27)24-15)9-10-1-3-12(21)4-2-10/h1-6,8,15,19,23-24,27H,7,9H2/t15-,19?/m1/s1. The van der Waals surface area contributed by atoms with Gasteiger partial charge in [0, 0.05) is 18.1 Å². The van der Waals surface area contributed by atoms with E-state index in [0.29, 0.717) is 17.5 Å². The molecule has 0 aliphatic carbocycles. The molecule has 1 aromatic heterocycles. The smallest absolute Gasteiger partial charge is 0.243 e. The van der Waals surface area contributed by atoms with Crippen molar-refractivity contribution in [1.29, 1.82) is 0 Å². The Morgan fingerprint density at radius 1 is 1.15 bits per heavy atom. The lowest BCUT2D eigenvalue weighted by atomic mass is 10.0. The van der Waals surface area contributed by atoms with Crippen LogP contribution in [0.5, 0.6) is 0 Å². The van der Waals surface area contributed by atoms with Gasteiger partial charge in [0.15, 0.2) is 6.35 Å². The third kappa shape index (κ3) is 3.29. The second-order valence-corrected chi connectivity index (χ2v) is 6.87. The predicted molar refractivity (Wildman–Crippen MR) is 96.9 cm³/mol. The van der Waals surface area contributed by atoms with E-state index in [2.05, 4.69) is 10.3 Å². The van der Waals surface area contributed by atoms with Gasteiger partial charge in [0.05, 0.1) is 11.6 Å². The number of aliphatic hydroxyl groups is 1. The number of hydrogen-bond donors (Lipinski definition) is 3. The molecular formula is C19H16ClF2N3O2. The summed E-state index contributed by atoms with van der Waals surface area (Å²) in [4.78, 5) is 16.9. The lowest BCUT2D eigenvalue weighted by Gasteiger charge is -2.19. The monoisotopic (exact) mass is 391 g/mol. The first-order chi connectivity index (χ1) is 12.9. The summed E-state index contributed by atoms with van der Waals surface area (Å²) in [6.07, 6.45) is 0.844. The van der Waals surface area contributed by atoms with Crippen LogP contribution in [0.3, 0.4) is 0 Å². The van der Waals surface area contributed by atoms with E-state index in [1.54, 1.807) is 24.4 Å². The number of H-pyrrole nitrogens is 1. The molecule has 140 valence electrons. The number of rotatable bonds is 4. The van der Waals surface area contributed by atoms with Crippen LogP contribution in [0.4, 0.5) is 8.78 Å². The molecule has 1 amide bonds. The van der Waals surface area contributed by atoms with Crippen LogP contribution in [-0.2, 0) is 17.8 Å². The number of halogens is 3. The van der Waals surface area contributed by atoms with Crippen molar-refractivity contribution in [1.82, 2.24) is 15.2 Å². The fraction of sp³-hybridized carbons (Fsp3) is 0.211. The topological polar surface area (TPSA) is 68.4 Å². The van der Waals surface area contributed by atoms with Crippen LogP contribution < -0.4 is 5.32 Å². The van der Waals surface area contributed by atoms with E-state index in [4.69, 9.17) is 11.6 Å². The maximum atomic E-state index is 13.6. The summed E-state index contributed by atoms with van der Waals surface area (Å²) in [5.41, 5.74) is 1.97. The molecule has 3 aromatic rings. The number of benzene rings is 2. The number of hydrogen-bond acceptors (Lipinski definition) is 3. The lowest BCUT2D eigenvalue weighted by Crippen LogP contribution is -2.36. The van der Waals surface area contributed by atoms with Gasteiger partial charge in [-0.1, -0.05) is 23.7 Å². The molecule has 5 nitrogen and oxygen atoms in total. The minimum absolute atomic E-state index is 0.00225. The molecule has 1 fully saturated rings. The van der Waals surface area contributed by atoms with Crippen molar-refractivity contribution < 1.29 is 18.7 Å². The Morgan fingerprint density at radius 2 is 1.89 bits per heavy atom. The zero-order valence-electron chi connectivity index (χ0n) is 14.0. The molecule has 0 spiro atoms. The number of nitrogens with zero attached hydrogens (tertiary/aromatic N) is 1. The minimum atomic E-state index is -1.14. The van der Waals surface area contributed by atoms with Gasteiger partial charge in [0.2, 0.25) is 5.91 Å². The van der Waals surface area contributed by atoms with Gasteiger partial charge in [-0.2, -0.15) is 0 Å². The Labute approximate surface area is 158 Å². The Morgan fingerprint density at radius 3 is 2.63 bits per heavy atom. The quantitative estimate of drug-likeness (QED) is 0.640. The summed E-state index contributed by atoms with van der Waals surface area (Å²) in [6, 6.07) is 8.00.